The van der Waals surface area contributed by atoms with Crippen LogP contribution in [0.25, 0.3) is 0 Å². The van der Waals surface area contributed by atoms with E-state index in [9.17, 15) is 15.3 Å². The van der Waals surface area contributed by atoms with Crippen LogP contribution in [0.2, 0.25) is 0 Å². The van der Waals surface area contributed by atoms with Crippen LogP contribution in [0.3, 0.4) is 0 Å². The lowest BCUT2D eigenvalue weighted by atomic mass is 9.89. The van der Waals surface area contributed by atoms with E-state index in [0.717, 1.165) is 5.56 Å². The second kappa shape index (κ2) is 6.43. The Labute approximate surface area is 128 Å². The molecular formula is C14H22N2O6. The van der Waals surface area contributed by atoms with Gasteiger partial charge in [-0.2, -0.15) is 0 Å². The number of nitrogens with zero attached hydrogens (tertiary/aromatic N) is 2. The van der Waals surface area contributed by atoms with Gasteiger partial charge in [0.05, 0.1) is 6.61 Å². The molecule has 8 heteroatoms. The molecule has 8 nitrogen and oxygen atoms in total. The number of aliphatic hydroxyl groups is 4. The van der Waals surface area contributed by atoms with E-state index in [1.807, 2.05) is 20.8 Å². The molecule has 2 heterocycles. The first kappa shape index (κ1) is 17.0. The molecular weight excluding hydrogens is 292 g/mol. The van der Waals surface area contributed by atoms with Crippen molar-refractivity contribution in [1.82, 2.24) is 9.97 Å². The van der Waals surface area contributed by atoms with Gasteiger partial charge in [-0.3, -0.25) is 0 Å². The first-order valence-electron chi connectivity index (χ1n) is 7.03. The fraction of sp³-hybridized carbons (Fsp3) is 0.714. The third-order valence-electron chi connectivity index (χ3n) is 3.55. The van der Waals surface area contributed by atoms with Crippen LogP contribution < -0.4 is 4.74 Å². The number of aromatic nitrogens is 2. The molecule has 2 rings (SSSR count). The summed E-state index contributed by atoms with van der Waals surface area (Å²) < 4.78 is 10.4. The topological polar surface area (TPSA) is 125 Å². The van der Waals surface area contributed by atoms with Crippen molar-refractivity contribution < 1.29 is 29.9 Å². The second-order valence-corrected chi connectivity index (χ2v) is 6.32. The van der Waals surface area contributed by atoms with Crippen LogP contribution in [0, 0.1) is 0 Å². The van der Waals surface area contributed by atoms with Crippen molar-refractivity contribution in [2.45, 2.75) is 56.9 Å². The molecule has 5 atom stereocenters. The summed E-state index contributed by atoms with van der Waals surface area (Å²) in [6.45, 7) is 5.47. The molecule has 0 spiro atoms. The molecule has 1 fully saturated rings. The summed E-state index contributed by atoms with van der Waals surface area (Å²) in [5.41, 5.74) is 0.801. The number of hydrogen-bond acceptors (Lipinski definition) is 8. The molecule has 0 bridgehead atoms. The Morgan fingerprint density at radius 1 is 1.27 bits per heavy atom. The van der Waals surface area contributed by atoms with Crippen molar-refractivity contribution in [3.05, 3.63) is 18.0 Å². The van der Waals surface area contributed by atoms with E-state index in [0.29, 0.717) is 0 Å². The number of aliphatic hydroxyl groups excluding tert-OH is 4. The van der Waals surface area contributed by atoms with E-state index < -0.39 is 37.3 Å². The molecule has 22 heavy (non-hydrogen) atoms. The summed E-state index contributed by atoms with van der Waals surface area (Å²) in [4.78, 5) is 8.12. The van der Waals surface area contributed by atoms with Gasteiger partial charge in [0.15, 0.2) is 12.4 Å². The predicted octanol–water partition coefficient (Wildman–Crippen LogP) is -1.05. The maximum Gasteiger partial charge on any atom is 0.316 e. The highest BCUT2D eigenvalue weighted by Gasteiger charge is 2.48. The Morgan fingerprint density at radius 2 is 1.86 bits per heavy atom. The quantitative estimate of drug-likeness (QED) is 0.555. The summed E-state index contributed by atoms with van der Waals surface area (Å²) >= 11 is 0. The van der Waals surface area contributed by atoms with Crippen molar-refractivity contribution in [3.8, 4) is 6.01 Å². The fourth-order valence-electron chi connectivity index (χ4n) is 2.11. The van der Waals surface area contributed by atoms with E-state index in [1.165, 1.54) is 0 Å². The highest BCUT2D eigenvalue weighted by Crippen LogP contribution is 2.26. The first-order chi connectivity index (χ1) is 10.2. The lowest BCUT2D eigenvalue weighted by molar-refractivity contribution is -0.150. The highest BCUT2D eigenvalue weighted by molar-refractivity contribution is 5.17. The van der Waals surface area contributed by atoms with Gasteiger partial charge in [0.2, 0.25) is 0 Å². The van der Waals surface area contributed by atoms with Gasteiger partial charge in [0, 0.05) is 12.4 Å². The maximum atomic E-state index is 9.87. The largest absolute Gasteiger partial charge is 0.454 e. The van der Waals surface area contributed by atoms with Gasteiger partial charge in [0.1, 0.15) is 18.3 Å². The average molecular weight is 314 g/mol. The monoisotopic (exact) mass is 314 g/mol. The molecule has 1 unspecified atom stereocenters. The van der Waals surface area contributed by atoms with E-state index in [-0.39, 0.29) is 11.4 Å². The van der Waals surface area contributed by atoms with Crippen molar-refractivity contribution in [1.29, 1.82) is 0 Å². The second-order valence-electron chi connectivity index (χ2n) is 6.32. The van der Waals surface area contributed by atoms with Crippen molar-refractivity contribution in [3.63, 3.8) is 0 Å². The molecule has 0 saturated carbocycles. The van der Waals surface area contributed by atoms with Crippen LogP contribution in [0.5, 0.6) is 6.01 Å². The minimum absolute atomic E-state index is 0.00936. The fourth-order valence-corrected chi connectivity index (χ4v) is 2.11. The lowest BCUT2D eigenvalue weighted by Crippen LogP contribution is -2.44. The molecule has 4 N–H and O–H groups in total. The van der Waals surface area contributed by atoms with E-state index in [4.69, 9.17) is 14.6 Å². The molecule has 0 amide bonds. The standard InChI is InChI=1S/C14H22N2O6/c1-14(2,3)7-4-15-13(16-5-7)22-11-9(19)12(20)21-10(11)8(18)6-17/h4-5,8-12,17-20H,6H2,1-3H3/t8?,9-,10-,11-,12+/m1/s1. The van der Waals surface area contributed by atoms with Crippen LogP contribution >= 0.6 is 0 Å². The smallest absolute Gasteiger partial charge is 0.316 e. The molecule has 1 aliphatic heterocycles. The normalized spacial score (nSPS) is 30.3. The van der Waals surface area contributed by atoms with Gasteiger partial charge in [-0.1, -0.05) is 20.8 Å². The predicted molar refractivity (Wildman–Crippen MR) is 75.1 cm³/mol. The average Bonchev–Trinajstić information content (AvgIpc) is 2.74. The number of hydrogen-bond donors (Lipinski definition) is 4. The summed E-state index contributed by atoms with van der Waals surface area (Å²) in [6, 6.07) is -0.00936. The van der Waals surface area contributed by atoms with Gasteiger partial charge in [-0.25, -0.2) is 9.97 Å². The molecule has 0 radical (unpaired) electrons. The van der Waals surface area contributed by atoms with Crippen molar-refractivity contribution in [2.75, 3.05) is 6.61 Å². The molecule has 0 aliphatic carbocycles. The summed E-state index contributed by atoms with van der Waals surface area (Å²) in [5.74, 6) is 0. The zero-order valence-corrected chi connectivity index (χ0v) is 12.7. The van der Waals surface area contributed by atoms with Gasteiger partial charge in [-0.05, 0) is 11.0 Å². The summed E-state index contributed by atoms with van der Waals surface area (Å²) in [5, 5.41) is 38.1. The Bertz CT molecular complexity index is 489. The van der Waals surface area contributed by atoms with Gasteiger partial charge in [0.25, 0.3) is 0 Å². The minimum atomic E-state index is -1.51. The van der Waals surface area contributed by atoms with Crippen LogP contribution in [0.1, 0.15) is 26.3 Å². The molecule has 124 valence electrons. The molecule has 1 aliphatic rings. The Balaban J connectivity index is 2.13. The van der Waals surface area contributed by atoms with Crippen LogP contribution in [0.15, 0.2) is 12.4 Å². The maximum absolute atomic E-state index is 9.87. The van der Waals surface area contributed by atoms with E-state index >= 15 is 0 Å². The number of rotatable bonds is 4. The Morgan fingerprint density at radius 3 is 2.36 bits per heavy atom. The molecule has 0 aromatic carbocycles. The molecule has 1 saturated heterocycles. The van der Waals surface area contributed by atoms with Crippen molar-refractivity contribution >= 4 is 0 Å². The van der Waals surface area contributed by atoms with Crippen LogP contribution in [-0.4, -0.2) is 67.7 Å². The van der Waals surface area contributed by atoms with E-state index in [2.05, 4.69) is 9.97 Å². The molecule has 1 aromatic rings. The minimum Gasteiger partial charge on any atom is -0.454 e. The summed E-state index contributed by atoms with van der Waals surface area (Å²) in [7, 11) is 0. The third-order valence-corrected chi connectivity index (χ3v) is 3.55. The highest BCUT2D eigenvalue weighted by atomic mass is 16.7. The van der Waals surface area contributed by atoms with Gasteiger partial charge >= 0.3 is 6.01 Å². The van der Waals surface area contributed by atoms with Crippen LogP contribution in [-0.2, 0) is 10.2 Å². The number of ether oxygens (including phenoxy) is 2. The Kier molecular flexibility index (Phi) is 4.98. The summed E-state index contributed by atoms with van der Waals surface area (Å²) in [6.07, 6.45) is -3.14. The van der Waals surface area contributed by atoms with Gasteiger partial charge in [-0.15, -0.1) is 0 Å². The van der Waals surface area contributed by atoms with E-state index in [1.54, 1.807) is 12.4 Å². The third kappa shape index (κ3) is 3.53. The Hall–Kier alpha value is -1.32. The SMILES string of the molecule is CC(C)(C)c1cnc(O[C@@H]2[C@@H](O)[C@@H](O)O[C@@H]2C(O)CO)nc1. The van der Waals surface area contributed by atoms with Crippen LogP contribution in [0.4, 0.5) is 0 Å². The zero-order chi connectivity index (χ0) is 16.5. The first-order valence-corrected chi connectivity index (χ1v) is 7.03. The van der Waals surface area contributed by atoms with Crippen molar-refractivity contribution in [2.24, 2.45) is 0 Å². The molecule has 1 aromatic heterocycles. The van der Waals surface area contributed by atoms with Gasteiger partial charge < -0.3 is 29.9 Å². The lowest BCUT2D eigenvalue weighted by Gasteiger charge is -2.23. The zero-order valence-electron chi connectivity index (χ0n) is 12.7.